The largest absolute Gasteiger partial charge is 0.313 e. The van der Waals surface area contributed by atoms with Crippen molar-refractivity contribution < 1.29 is 13.2 Å². The molecule has 1 aliphatic rings. The first kappa shape index (κ1) is 17.1. The summed E-state index contributed by atoms with van der Waals surface area (Å²) in [6.07, 6.45) is 5.65. The van der Waals surface area contributed by atoms with Gasteiger partial charge in [0.25, 0.3) is 5.91 Å². The molecule has 1 saturated carbocycles. The second kappa shape index (κ2) is 6.62. The predicted octanol–water partition coefficient (Wildman–Crippen LogP) is 2.15. The molecule has 128 valence electrons. The van der Waals surface area contributed by atoms with Crippen molar-refractivity contribution in [1.82, 2.24) is 4.57 Å². The van der Waals surface area contributed by atoms with E-state index in [9.17, 15) is 13.2 Å². The third-order valence-electron chi connectivity index (χ3n) is 4.20. The summed E-state index contributed by atoms with van der Waals surface area (Å²) < 4.78 is 25.6. The molecule has 2 aromatic rings. The molecule has 0 atom stereocenters. The standard InChI is InChI=1S/C16H19N3O3S2/c1-2-9-19-13-8-7-12(24(17,21)22)10-14(13)23-16(19)18-15(20)11-5-3-4-6-11/h2,7-8,10-11H,1,3-6,9H2,(H2,17,21,22). The summed E-state index contributed by atoms with van der Waals surface area (Å²) in [7, 11) is -3.77. The highest BCUT2D eigenvalue weighted by atomic mass is 32.2. The maximum atomic E-state index is 12.4. The normalized spacial score (nSPS) is 16.8. The molecule has 2 N–H and O–H groups in total. The van der Waals surface area contributed by atoms with Crippen LogP contribution in [0.4, 0.5) is 0 Å². The van der Waals surface area contributed by atoms with Gasteiger partial charge in [0.1, 0.15) is 0 Å². The van der Waals surface area contributed by atoms with E-state index in [1.165, 1.54) is 23.5 Å². The molecule has 1 aromatic carbocycles. The van der Waals surface area contributed by atoms with Gasteiger partial charge in [-0.15, -0.1) is 6.58 Å². The number of benzene rings is 1. The van der Waals surface area contributed by atoms with Crippen molar-refractivity contribution in [3.63, 3.8) is 0 Å². The number of aromatic nitrogens is 1. The summed E-state index contributed by atoms with van der Waals surface area (Å²) in [5.74, 6) is -0.0871. The Morgan fingerprint density at radius 2 is 2.12 bits per heavy atom. The summed E-state index contributed by atoms with van der Waals surface area (Å²) in [6.45, 7) is 4.23. The minimum absolute atomic E-state index is 0.00683. The molecule has 24 heavy (non-hydrogen) atoms. The average molecular weight is 365 g/mol. The van der Waals surface area contributed by atoms with Crippen molar-refractivity contribution in [2.75, 3.05) is 0 Å². The van der Waals surface area contributed by atoms with Gasteiger partial charge in [0.15, 0.2) is 4.80 Å². The van der Waals surface area contributed by atoms with Gasteiger partial charge in [-0.1, -0.05) is 30.3 Å². The molecule has 1 aliphatic carbocycles. The zero-order valence-corrected chi connectivity index (χ0v) is 14.8. The first-order valence-corrected chi connectivity index (χ1v) is 10.1. The number of rotatable bonds is 4. The van der Waals surface area contributed by atoms with Crippen LogP contribution in [0.5, 0.6) is 0 Å². The molecule has 1 heterocycles. The first-order chi connectivity index (χ1) is 11.4. The number of nitrogens with zero attached hydrogens (tertiary/aromatic N) is 2. The smallest absolute Gasteiger partial charge is 0.251 e. The average Bonchev–Trinajstić information content (AvgIpc) is 3.15. The SMILES string of the molecule is C=CCn1c(=NC(=O)C2CCCC2)sc2cc(S(N)(=O)=O)ccc21. The highest BCUT2D eigenvalue weighted by Gasteiger charge is 2.22. The number of carbonyl (C=O) groups is 1. The van der Waals surface area contributed by atoms with Gasteiger partial charge < -0.3 is 4.57 Å². The summed E-state index contributed by atoms with van der Waals surface area (Å²) in [4.78, 5) is 17.3. The topological polar surface area (TPSA) is 94.5 Å². The summed E-state index contributed by atoms with van der Waals surface area (Å²) in [6, 6.07) is 4.68. The van der Waals surface area contributed by atoms with Crippen molar-refractivity contribution >= 4 is 37.5 Å². The highest BCUT2D eigenvalue weighted by Crippen LogP contribution is 2.26. The third-order valence-corrected chi connectivity index (χ3v) is 6.16. The lowest BCUT2D eigenvalue weighted by Crippen LogP contribution is -2.19. The van der Waals surface area contributed by atoms with Crippen LogP contribution in [0.15, 0.2) is 40.7 Å². The lowest BCUT2D eigenvalue weighted by Gasteiger charge is -2.04. The number of fused-ring (bicyclic) bond motifs is 1. The minimum atomic E-state index is -3.77. The Labute approximate surface area is 144 Å². The van der Waals surface area contributed by atoms with Crippen LogP contribution in [0.1, 0.15) is 25.7 Å². The Hall–Kier alpha value is -1.77. The zero-order valence-electron chi connectivity index (χ0n) is 13.1. The van der Waals surface area contributed by atoms with Gasteiger partial charge in [-0.2, -0.15) is 4.99 Å². The number of amides is 1. The van der Waals surface area contributed by atoms with Gasteiger partial charge in [-0.25, -0.2) is 13.6 Å². The predicted molar refractivity (Wildman–Crippen MR) is 93.9 cm³/mol. The van der Waals surface area contributed by atoms with Crippen molar-refractivity contribution in [2.24, 2.45) is 16.0 Å². The molecule has 0 radical (unpaired) electrons. The van der Waals surface area contributed by atoms with Crippen LogP contribution in [-0.2, 0) is 21.4 Å². The molecule has 1 amide bonds. The monoisotopic (exact) mass is 365 g/mol. The summed E-state index contributed by atoms with van der Waals surface area (Å²) >= 11 is 1.29. The van der Waals surface area contributed by atoms with E-state index >= 15 is 0 Å². The van der Waals surface area contributed by atoms with Crippen LogP contribution < -0.4 is 9.94 Å². The van der Waals surface area contributed by atoms with Crippen LogP contribution in [0, 0.1) is 5.92 Å². The fourth-order valence-corrected chi connectivity index (χ4v) is 4.68. The Morgan fingerprint density at radius 3 is 2.75 bits per heavy atom. The van der Waals surface area contributed by atoms with E-state index < -0.39 is 10.0 Å². The molecular formula is C16H19N3O3S2. The van der Waals surface area contributed by atoms with Crippen LogP contribution in [0.3, 0.4) is 0 Å². The van der Waals surface area contributed by atoms with E-state index in [4.69, 9.17) is 5.14 Å². The van der Waals surface area contributed by atoms with Gasteiger partial charge in [-0.3, -0.25) is 4.79 Å². The fraction of sp³-hybridized carbons (Fsp3) is 0.375. The van der Waals surface area contributed by atoms with Gasteiger partial charge in [0.05, 0.1) is 15.1 Å². The molecule has 8 heteroatoms. The van der Waals surface area contributed by atoms with E-state index in [1.54, 1.807) is 12.1 Å². The molecule has 0 aliphatic heterocycles. The number of thiazole rings is 1. The number of nitrogens with two attached hydrogens (primary N) is 1. The third kappa shape index (κ3) is 3.35. The van der Waals surface area contributed by atoms with E-state index in [0.29, 0.717) is 11.3 Å². The van der Waals surface area contributed by atoms with Crippen molar-refractivity contribution in [3.8, 4) is 0 Å². The summed E-state index contributed by atoms with van der Waals surface area (Å²) in [5, 5.41) is 5.19. The summed E-state index contributed by atoms with van der Waals surface area (Å²) in [5.41, 5.74) is 0.810. The van der Waals surface area contributed by atoms with Gasteiger partial charge >= 0.3 is 0 Å². The maximum absolute atomic E-state index is 12.4. The van der Waals surface area contributed by atoms with Crippen LogP contribution >= 0.6 is 11.3 Å². The molecule has 0 spiro atoms. The fourth-order valence-electron chi connectivity index (χ4n) is 2.98. The van der Waals surface area contributed by atoms with Crippen LogP contribution in [-0.4, -0.2) is 18.9 Å². The van der Waals surface area contributed by atoms with Gasteiger partial charge in [0, 0.05) is 12.5 Å². The number of primary sulfonamides is 1. The molecule has 0 unspecified atom stereocenters. The zero-order chi connectivity index (χ0) is 17.3. The molecule has 0 saturated heterocycles. The van der Waals surface area contributed by atoms with E-state index in [1.807, 2.05) is 4.57 Å². The molecule has 0 bridgehead atoms. The Bertz CT molecular complexity index is 964. The van der Waals surface area contributed by atoms with Crippen LogP contribution in [0.2, 0.25) is 0 Å². The van der Waals surface area contributed by atoms with E-state index in [-0.39, 0.29) is 16.7 Å². The molecule has 3 rings (SSSR count). The maximum Gasteiger partial charge on any atom is 0.251 e. The minimum Gasteiger partial charge on any atom is -0.313 e. The molecular weight excluding hydrogens is 346 g/mol. The van der Waals surface area contributed by atoms with Crippen LogP contribution in [0.25, 0.3) is 10.2 Å². The first-order valence-electron chi connectivity index (χ1n) is 7.76. The quantitative estimate of drug-likeness (QED) is 0.841. The highest BCUT2D eigenvalue weighted by molar-refractivity contribution is 7.89. The Morgan fingerprint density at radius 1 is 1.42 bits per heavy atom. The Balaban J connectivity index is 2.13. The number of hydrogen-bond donors (Lipinski definition) is 1. The lowest BCUT2D eigenvalue weighted by molar-refractivity contribution is -0.121. The molecule has 6 nitrogen and oxygen atoms in total. The number of sulfonamides is 1. The number of allylic oxidation sites excluding steroid dienone is 1. The van der Waals surface area contributed by atoms with E-state index in [2.05, 4.69) is 11.6 Å². The van der Waals surface area contributed by atoms with Gasteiger partial charge in [0.2, 0.25) is 10.0 Å². The molecule has 1 aromatic heterocycles. The molecule has 1 fully saturated rings. The number of carbonyl (C=O) groups excluding carboxylic acids is 1. The second-order valence-corrected chi connectivity index (χ2v) is 8.46. The van der Waals surface area contributed by atoms with Crippen molar-refractivity contribution in [2.45, 2.75) is 37.1 Å². The number of hydrogen-bond acceptors (Lipinski definition) is 4. The Kier molecular flexibility index (Phi) is 4.71. The lowest BCUT2D eigenvalue weighted by atomic mass is 10.1. The second-order valence-electron chi connectivity index (χ2n) is 5.89. The van der Waals surface area contributed by atoms with Gasteiger partial charge in [-0.05, 0) is 31.0 Å². The van der Waals surface area contributed by atoms with Crippen molar-refractivity contribution in [3.05, 3.63) is 35.7 Å². The van der Waals surface area contributed by atoms with Crippen molar-refractivity contribution in [1.29, 1.82) is 0 Å². The van der Waals surface area contributed by atoms with E-state index in [0.717, 1.165) is 35.9 Å².